The zero-order chi connectivity index (χ0) is 13.1. The minimum absolute atomic E-state index is 0.0261. The third kappa shape index (κ3) is 2.83. The molecule has 18 heavy (non-hydrogen) atoms. The van der Waals surface area contributed by atoms with Crippen molar-refractivity contribution in [2.24, 2.45) is 5.92 Å². The number of benzene rings is 1. The molecule has 1 aliphatic rings. The van der Waals surface area contributed by atoms with Gasteiger partial charge in [0.1, 0.15) is 0 Å². The van der Waals surface area contributed by atoms with E-state index < -0.39 is 0 Å². The van der Waals surface area contributed by atoms with E-state index in [1.165, 1.54) is 0 Å². The Morgan fingerprint density at radius 3 is 2.89 bits per heavy atom. The largest absolute Gasteiger partial charge is 0.348 e. The lowest BCUT2D eigenvalue weighted by molar-refractivity contribution is 0.0932. The predicted molar refractivity (Wildman–Crippen MR) is 70.4 cm³/mol. The molecular formula is C14H15ClN2O. The SMILES string of the molecule is Cc1cc(Cl)cc(C(=O)NC2CCCC2C#N)c1. The summed E-state index contributed by atoms with van der Waals surface area (Å²) in [6.07, 6.45) is 2.75. The fourth-order valence-corrected chi connectivity index (χ4v) is 2.70. The average molecular weight is 263 g/mol. The number of carbonyl (C=O) groups is 1. The normalized spacial score (nSPS) is 22.5. The molecular weight excluding hydrogens is 248 g/mol. The van der Waals surface area contributed by atoms with Gasteiger partial charge in [0.15, 0.2) is 0 Å². The highest BCUT2D eigenvalue weighted by Crippen LogP contribution is 2.25. The molecule has 0 saturated heterocycles. The number of hydrogen-bond acceptors (Lipinski definition) is 2. The molecule has 1 amide bonds. The van der Waals surface area contributed by atoms with Crippen LogP contribution in [0.4, 0.5) is 0 Å². The van der Waals surface area contributed by atoms with Gasteiger partial charge in [-0.25, -0.2) is 0 Å². The molecule has 94 valence electrons. The summed E-state index contributed by atoms with van der Waals surface area (Å²) in [5, 5.41) is 12.5. The number of rotatable bonds is 2. The van der Waals surface area contributed by atoms with Crippen molar-refractivity contribution in [3.8, 4) is 6.07 Å². The molecule has 2 atom stereocenters. The zero-order valence-electron chi connectivity index (χ0n) is 10.2. The Labute approximate surface area is 112 Å². The van der Waals surface area contributed by atoms with Crippen molar-refractivity contribution in [2.75, 3.05) is 0 Å². The summed E-state index contributed by atoms with van der Waals surface area (Å²) in [6.45, 7) is 1.90. The van der Waals surface area contributed by atoms with Gasteiger partial charge in [-0.15, -0.1) is 0 Å². The van der Waals surface area contributed by atoms with Gasteiger partial charge >= 0.3 is 0 Å². The fourth-order valence-electron chi connectivity index (χ4n) is 2.41. The maximum absolute atomic E-state index is 12.1. The molecule has 1 aliphatic carbocycles. The summed E-state index contributed by atoms with van der Waals surface area (Å²) in [5.41, 5.74) is 1.51. The summed E-state index contributed by atoms with van der Waals surface area (Å²) < 4.78 is 0. The second-order valence-electron chi connectivity index (χ2n) is 4.76. The Bertz CT molecular complexity index is 487. The van der Waals surface area contributed by atoms with E-state index >= 15 is 0 Å². The predicted octanol–water partition coefficient (Wildman–Crippen LogP) is 3.07. The van der Waals surface area contributed by atoms with E-state index in [9.17, 15) is 4.79 Å². The first-order valence-corrected chi connectivity index (χ1v) is 6.45. The van der Waals surface area contributed by atoms with Crippen LogP contribution in [0.1, 0.15) is 35.2 Å². The minimum atomic E-state index is -0.146. The Balaban J connectivity index is 2.10. The van der Waals surface area contributed by atoms with Gasteiger partial charge in [0.25, 0.3) is 5.91 Å². The number of carbonyl (C=O) groups excluding carboxylic acids is 1. The van der Waals surface area contributed by atoms with Crippen LogP contribution in [0.2, 0.25) is 5.02 Å². The second kappa shape index (κ2) is 5.41. The van der Waals surface area contributed by atoms with Gasteiger partial charge in [0.2, 0.25) is 0 Å². The topological polar surface area (TPSA) is 52.9 Å². The van der Waals surface area contributed by atoms with Crippen molar-refractivity contribution in [1.82, 2.24) is 5.32 Å². The lowest BCUT2D eigenvalue weighted by atomic mass is 10.0. The summed E-state index contributed by atoms with van der Waals surface area (Å²) in [5.74, 6) is -0.206. The zero-order valence-corrected chi connectivity index (χ0v) is 11.0. The summed E-state index contributed by atoms with van der Waals surface area (Å²) in [4.78, 5) is 12.1. The summed E-state index contributed by atoms with van der Waals surface area (Å²) in [6, 6.07) is 7.49. The Morgan fingerprint density at radius 2 is 2.22 bits per heavy atom. The van der Waals surface area contributed by atoms with Crippen LogP contribution in [0.3, 0.4) is 0 Å². The second-order valence-corrected chi connectivity index (χ2v) is 5.20. The molecule has 1 N–H and O–H groups in total. The number of aryl methyl sites for hydroxylation is 1. The summed E-state index contributed by atoms with van der Waals surface area (Å²) >= 11 is 5.93. The molecule has 1 aromatic rings. The van der Waals surface area contributed by atoms with Gasteiger partial charge in [-0.05, 0) is 49.9 Å². The minimum Gasteiger partial charge on any atom is -0.348 e. The lowest BCUT2D eigenvalue weighted by Crippen LogP contribution is -2.36. The molecule has 1 fully saturated rings. The molecule has 4 heteroatoms. The highest BCUT2D eigenvalue weighted by Gasteiger charge is 2.28. The molecule has 0 aromatic heterocycles. The number of halogens is 1. The van der Waals surface area contributed by atoms with Crippen LogP contribution in [0.5, 0.6) is 0 Å². The monoisotopic (exact) mass is 262 g/mol. The van der Waals surface area contributed by atoms with E-state index in [2.05, 4.69) is 11.4 Å². The van der Waals surface area contributed by atoms with E-state index in [0.29, 0.717) is 10.6 Å². The average Bonchev–Trinajstić information content (AvgIpc) is 2.75. The molecule has 0 heterocycles. The number of hydrogen-bond donors (Lipinski definition) is 1. The quantitative estimate of drug-likeness (QED) is 0.891. The van der Waals surface area contributed by atoms with Crippen LogP contribution in [-0.2, 0) is 0 Å². The number of nitrogens with one attached hydrogen (secondary N) is 1. The summed E-state index contributed by atoms with van der Waals surface area (Å²) in [7, 11) is 0. The first-order chi connectivity index (χ1) is 8.60. The lowest BCUT2D eigenvalue weighted by Gasteiger charge is -2.15. The van der Waals surface area contributed by atoms with E-state index in [-0.39, 0.29) is 17.9 Å². The van der Waals surface area contributed by atoms with Gasteiger partial charge < -0.3 is 5.32 Å². The van der Waals surface area contributed by atoms with Crippen molar-refractivity contribution >= 4 is 17.5 Å². The third-order valence-corrected chi connectivity index (χ3v) is 3.52. The Hall–Kier alpha value is -1.53. The highest BCUT2D eigenvalue weighted by molar-refractivity contribution is 6.31. The van der Waals surface area contributed by atoms with E-state index in [0.717, 1.165) is 24.8 Å². The van der Waals surface area contributed by atoms with Gasteiger partial charge in [0.05, 0.1) is 12.0 Å². The van der Waals surface area contributed by atoms with Crippen molar-refractivity contribution in [2.45, 2.75) is 32.2 Å². The van der Waals surface area contributed by atoms with Crippen molar-refractivity contribution < 1.29 is 4.79 Å². The molecule has 2 rings (SSSR count). The molecule has 0 bridgehead atoms. The number of nitriles is 1. The van der Waals surface area contributed by atoms with Crippen LogP contribution < -0.4 is 5.32 Å². The molecule has 2 unspecified atom stereocenters. The van der Waals surface area contributed by atoms with Crippen LogP contribution >= 0.6 is 11.6 Å². The molecule has 1 aromatic carbocycles. The van der Waals surface area contributed by atoms with Crippen LogP contribution in [0, 0.1) is 24.2 Å². The number of amides is 1. The molecule has 3 nitrogen and oxygen atoms in total. The standard InChI is InChI=1S/C14H15ClN2O/c1-9-5-11(7-12(15)6-9)14(18)17-13-4-2-3-10(13)8-16/h5-7,10,13H,2-4H2,1H3,(H,17,18). The van der Waals surface area contributed by atoms with Crippen LogP contribution in [0.15, 0.2) is 18.2 Å². The van der Waals surface area contributed by atoms with Gasteiger partial charge in [-0.3, -0.25) is 4.79 Å². The first kappa shape index (κ1) is 12.9. The van der Waals surface area contributed by atoms with Gasteiger partial charge in [-0.2, -0.15) is 5.26 Å². The Kier molecular flexibility index (Phi) is 3.88. The first-order valence-electron chi connectivity index (χ1n) is 6.08. The Morgan fingerprint density at radius 1 is 1.44 bits per heavy atom. The molecule has 1 saturated carbocycles. The van der Waals surface area contributed by atoms with E-state index in [1.54, 1.807) is 12.1 Å². The molecule has 0 spiro atoms. The van der Waals surface area contributed by atoms with E-state index in [4.69, 9.17) is 16.9 Å². The van der Waals surface area contributed by atoms with Crippen molar-refractivity contribution in [3.05, 3.63) is 34.3 Å². The number of nitrogens with zero attached hydrogens (tertiary/aromatic N) is 1. The maximum atomic E-state index is 12.1. The fraction of sp³-hybridized carbons (Fsp3) is 0.429. The maximum Gasteiger partial charge on any atom is 0.251 e. The van der Waals surface area contributed by atoms with Crippen LogP contribution in [-0.4, -0.2) is 11.9 Å². The van der Waals surface area contributed by atoms with Gasteiger partial charge in [-0.1, -0.05) is 11.6 Å². The molecule has 0 aliphatic heterocycles. The molecule has 0 radical (unpaired) electrons. The van der Waals surface area contributed by atoms with Crippen molar-refractivity contribution in [1.29, 1.82) is 5.26 Å². The van der Waals surface area contributed by atoms with Crippen LogP contribution in [0.25, 0.3) is 0 Å². The highest BCUT2D eigenvalue weighted by atomic mass is 35.5. The smallest absolute Gasteiger partial charge is 0.251 e. The van der Waals surface area contributed by atoms with E-state index in [1.807, 2.05) is 13.0 Å². The third-order valence-electron chi connectivity index (χ3n) is 3.30. The van der Waals surface area contributed by atoms with Crippen molar-refractivity contribution in [3.63, 3.8) is 0 Å². The van der Waals surface area contributed by atoms with Gasteiger partial charge in [0, 0.05) is 16.6 Å².